The highest BCUT2D eigenvalue weighted by atomic mass is 35.5. The van der Waals surface area contributed by atoms with E-state index < -0.39 is 0 Å². The van der Waals surface area contributed by atoms with Gasteiger partial charge in [-0.3, -0.25) is 0 Å². The van der Waals surface area contributed by atoms with Gasteiger partial charge in [-0.05, 0) is 31.1 Å². The van der Waals surface area contributed by atoms with Crippen molar-refractivity contribution in [3.05, 3.63) is 0 Å². The lowest BCUT2D eigenvalue weighted by Crippen LogP contribution is -2.29. The van der Waals surface area contributed by atoms with Crippen LogP contribution in [0.1, 0.15) is 39.5 Å². The summed E-state index contributed by atoms with van der Waals surface area (Å²) >= 11 is 6.36. The lowest BCUT2D eigenvalue weighted by molar-refractivity contribution is 0.0475. The summed E-state index contributed by atoms with van der Waals surface area (Å²) in [5.74, 6) is 1.25. The van der Waals surface area contributed by atoms with E-state index >= 15 is 0 Å². The van der Waals surface area contributed by atoms with Crippen molar-refractivity contribution in [3.63, 3.8) is 0 Å². The lowest BCUT2D eigenvalue weighted by atomic mass is 9.82. The van der Waals surface area contributed by atoms with Crippen molar-refractivity contribution in [2.45, 2.75) is 51.0 Å². The van der Waals surface area contributed by atoms with E-state index in [1.807, 2.05) is 7.11 Å². The fraction of sp³-hybridized carbons (Fsp3) is 1.00. The van der Waals surface area contributed by atoms with Crippen molar-refractivity contribution < 1.29 is 4.74 Å². The van der Waals surface area contributed by atoms with Crippen LogP contribution in [-0.2, 0) is 4.74 Å². The van der Waals surface area contributed by atoms with Gasteiger partial charge >= 0.3 is 0 Å². The fourth-order valence-corrected chi connectivity index (χ4v) is 2.46. The number of halogens is 1. The molecule has 0 aliphatic heterocycles. The maximum atomic E-state index is 6.36. The van der Waals surface area contributed by atoms with Crippen LogP contribution in [0.2, 0.25) is 0 Å². The first kappa shape index (κ1) is 11.3. The van der Waals surface area contributed by atoms with Crippen molar-refractivity contribution in [2.24, 2.45) is 11.8 Å². The van der Waals surface area contributed by atoms with Crippen LogP contribution >= 0.6 is 11.6 Å². The molecule has 0 saturated heterocycles. The molecule has 1 rings (SSSR count). The number of rotatable bonds is 3. The summed E-state index contributed by atoms with van der Waals surface area (Å²) in [4.78, 5) is 0. The summed E-state index contributed by atoms with van der Waals surface area (Å²) < 4.78 is 5.39. The van der Waals surface area contributed by atoms with Crippen LogP contribution in [0.3, 0.4) is 0 Å². The van der Waals surface area contributed by atoms with Crippen LogP contribution < -0.4 is 0 Å². The van der Waals surface area contributed by atoms with E-state index in [0.717, 1.165) is 6.42 Å². The number of alkyl halides is 1. The molecular formula is C11H21ClO. The predicted octanol–water partition coefficient (Wildman–Crippen LogP) is 3.46. The Morgan fingerprint density at radius 1 is 1.31 bits per heavy atom. The molecular weight excluding hydrogens is 184 g/mol. The molecule has 0 spiro atoms. The first-order valence-electron chi connectivity index (χ1n) is 5.32. The Balaban J connectivity index is 2.41. The molecule has 0 bridgehead atoms. The van der Waals surface area contributed by atoms with Crippen LogP contribution in [-0.4, -0.2) is 18.6 Å². The molecule has 0 aromatic rings. The third-order valence-corrected chi connectivity index (χ3v) is 3.95. The third kappa shape index (κ3) is 3.14. The van der Waals surface area contributed by atoms with E-state index in [-0.39, 0.29) is 0 Å². The van der Waals surface area contributed by atoms with Gasteiger partial charge in [0.25, 0.3) is 0 Å². The summed E-state index contributed by atoms with van der Waals surface area (Å²) in [7, 11) is 1.81. The van der Waals surface area contributed by atoms with Gasteiger partial charge in [-0.2, -0.15) is 0 Å². The van der Waals surface area contributed by atoms with Crippen LogP contribution in [0.25, 0.3) is 0 Å². The van der Waals surface area contributed by atoms with E-state index in [1.165, 1.54) is 19.3 Å². The Morgan fingerprint density at radius 2 is 2.00 bits per heavy atom. The molecule has 1 nitrogen and oxygen atoms in total. The quantitative estimate of drug-likeness (QED) is 0.640. The number of ether oxygens (including phenoxy) is 1. The molecule has 1 fully saturated rings. The van der Waals surface area contributed by atoms with E-state index in [9.17, 15) is 0 Å². The van der Waals surface area contributed by atoms with Gasteiger partial charge in [0, 0.05) is 12.5 Å². The molecule has 1 aliphatic carbocycles. The van der Waals surface area contributed by atoms with Gasteiger partial charge in [-0.15, -0.1) is 11.6 Å². The molecule has 0 radical (unpaired) electrons. The summed E-state index contributed by atoms with van der Waals surface area (Å²) in [5, 5.41) is 0.331. The van der Waals surface area contributed by atoms with Crippen molar-refractivity contribution in [1.82, 2.24) is 0 Å². The number of methoxy groups -OCH3 is 1. The molecule has 0 amide bonds. The second-order valence-electron chi connectivity index (χ2n) is 4.47. The minimum Gasteiger partial charge on any atom is -0.381 e. The smallest absolute Gasteiger partial charge is 0.0574 e. The van der Waals surface area contributed by atoms with E-state index in [0.29, 0.717) is 23.3 Å². The SMILES string of the molecule is COC1CCCC(C(Cl)C(C)C)C1. The zero-order valence-corrected chi connectivity index (χ0v) is 9.68. The lowest BCUT2D eigenvalue weighted by Gasteiger charge is -2.32. The van der Waals surface area contributed by atoms with Crippen LogP contribution in [0, 0.1) is 11.8 Å². The van der Waals surface area contributed by atoms with Gasteiger partial charge in [0.2, 0.25) is 0 Å². The minimum absolute atomic E-state index is 0.331. The molecule has 3 unspecified atom stereocenters. The minimum atomic E-state index is 0.331. The van der Waals surface area contributed by atoms with Crippen molar-refractivity contribution >= 4 is 11.6 Å². The van der Waals surface area contributed by atoms with Gasteiger partial charge in [0.15, 0.2) is 0 Å². The highest BCUT2D eigenvalue weighted by molar-refractivity contribution is 6.20. The molecule has 3 atom stereocenters. The van der Waals surface area contributed by atoms with Gasteiger partial charge in [-0.1, -0.05) is 20.3 Å². The Morgan fingerprint density at radius 3 is 2.54 bits per heavy atom. The third-order valence-electron chi connectivity index (χ3n) is 3.09. The highest BCUT2D eigenvalue weighted by Crippen LogP contribution is 2.33. The molecule has 1 aliphatic rings. The van der Waals surface area contributed by atoms with E-state index in [4.69, 9.17) is 16.3 Å². The molecule has 1 saturated carbocycles. The van der Waals surface area contributed by atoms with Crippen LogP contribution in [0.15, 0.2) is 0 Å². The van der Waals surface area contributed by atoms with Crippen molar-refractivity contribution in [3.8, 4) is 0 Å². The average Bonchev–Trinajstić information content (AvgIpc) is 2.16. The zero-order valence-electron chi connectivity index (χ0n) is 8.92. The first-order valence-corrected chi connectivity index (χ1v) is 5.75. The van der Waals surface area contributed by atoms with Crippen molar-refractivity contribution in [1.29, 1.82) is 0 Å². The molecule has 0 aromatic carbocycles. The normalized spacial score (nSPS) is 32.1. The zero-order chi connectivity index (χ0) is 9.84. The molecule has 13 heavy (non-hydrogen) atoms. The van der Waals surface area contributed by atoms with Crippen LogP contribution in [0.5, 0.6) is 0 Å². The monoisotopic (exact) mass is 204 g/mol. The Bertz CT molecular complexity index is 147. The molecule has 0 aromatic heterocycles. The van der Waals surface area contributed by atoms with Gasteiger partial charge in [0.1, 0.15) is 0 Å². The van der Waals surface area contributed by atoms with Gasteiger partial charge in [-0.25, -0.2) is 0 Å². The standard InChI is InChI=1S/C11H21ClO/c1-8(2)11(12)9-5-4-6-10(7-9)13-3/h8-11H,4-7H2,1-3H3. The van der Waals surface area contributed by atoms with Crippen molar-refractivity contribution in [2.75, 3.05) is 7.11 Å². The maximum absolute atomic E-state index is 6.36. The second kappa shape index (κ2) is 5.21. The molecule has 78 valence electrons. The Hall–Kier alpha value is 0.250. The van der Waals surface area contributed by atoms with Gasteiger partial charge < -0.3 is 4.74 Å². The Labute approximate surface area is 86.8 Å². The average molecular weight is 205 g/mol. The summed E-state index contributed by atoms with van der Waals surface area (Å²) in [5.41, 5.74) is 0. The number of hydrogen-bond acceptors (Lipinski definition) is 1. The predicted molar refractivity (Wildman–Crippen MR) is 57.2 cm³/mol. The summed E-state index contributed by atoms with van der Waals surface area (Å²) in [6.07, 6.45) is 5.39. The molecule has 0 N–H and O–H groups in total. The number of hydrogen-bond donors (Lipinski definition) is 0. The highest BCUT2D eigenvalue weighted by Gasteiger charge is 2.28. The molecule has 2 heteroatoms. The van der Waals surface area contributed by atoms with E-state index in [1.54, 1.807) is 0 Å². The summed E-state index contributed by atoms with van der Waals surface area (Å²) in [6, 6.07) is 0. The van der Waals surface area contributed by atoms with E-state index in [2.05, 4.69) is 13.8 Å². The topological polar surface area (TPSA) is 9.23 Å². The second-order valence-corrected chi connectivity index (χ2v) is 4.98. The van der Waals surface area contributed by atoms with Gasteiger partial charge in [0.05, 0.1) is 6.10 Å². The first-order chi connectivity index (χ1) is 6.15. The maximum Gasteiger partial charge on any atom is 0.0574 e. The molecule has 0 heterocycles. The summed E-state index contributed by atoms with van der Waals surface area (Å²) in [6.45, 7) is 4.40. The Kier molecular flexibility index (Phi) is 4.54. The van der Waals surface area contributed by atoms with Crippen LogP contribution in [0.4, 0.5) is 0 Å². The fourth-order valence-electron chi connectivity index (χ4n) is 2.23. The largest absolute Gasteiger partial charge is 0.381 e.